The van der Waals surface area contributed by atoms with Gasteiger partial charge >= 0.3 is 5.69 Å². The molecular weight excluding hydrogens is 160 g/mol. The van der Waals surface area contributed by atoms with Gasteiger partial charge in [0.25, 0.3) is 5.56 Å². The molecule has 0 saturated carbocycles. The number of rotatable bonds is 1. The highest BCUT2D eigenvalue weighted by Crippen LogP contribution is 1.83. The fourth-order valence-electron chi connectivity index (χ4n) is 0.769. The largest absolute Gasteiger partial charge is 0.514 e. The zero-order valence-corrected chi connectivity index (χ0v) is 6.44. The average molecular weight is 168 g/mol. The number of nitrogens with zero attached hydrogens (tertiary/aromatic N) is 1. The Labute approximate surface area is 67.6 Å². The van der Waals surface area contributed by atoms with Crippen LogP contribution in [0.1, 0.15) is 5.56 Å². The third-order valence-electron chi connectivity index (χ3n) is 1.37. The maximum Gasteiger partial charge on any atom is 0.332 e. The Bertz CT molecular complexity index is 413. The lowest BCUT2D eigenvalue weighted by Crippen LogP contribution is -2.28. The third kappa shape index (κ3) is 1.45. The summed E-state index contributed by atoms with van der Waals surface area (Å²) in [6, 6.07) is 0. The Morgan fingerprint density at radius 2 is 2.25 bits per heavy atom. The van der Waals surface area contributed by atoms with Crippen molar-refractivity contribution in [1.82, 2.24) is 9.55 Å². The molecule has 0 fully saturated rings. The van der Waals surface area contributed by atoms with Gasteiger partial charge in [-0.2, -0.15) is 0 Å². The number of aliphatic hydroxyl groups is 1. The van der Waals surface area contributed by atoms with Gasteiger partial charge in [-0.05, 0) is 6.92 Å². The summed E-state index contributed by atoms with van der Waals surface area (Å²) in [6.07, 6.45) is 3.21. The molecule has 12 heavy (non-hydrogen) atoms. The van der Waals surface area contributed by atoms with Gasteiger partial charge in [0.2, 0.25) is 0 Å². The summed E-state index contributed by atoms with van der Waals surface area (Å²) in [5.41, 5.74) is -0.578. The third-order valence-corrected chi connectivity index (χ3v) is 1.37. The molecule has 1 heterocycles. The second kappa shape index (κ2) is 3.08. The van der Waals surface area contributed by atoms with Gasteiger partial charge in [0, 0.05) is 18.0 Å². The van der Waals surface area contributed by atoms with Gasteiger partial charge < -0.3 is 5.11 Å². The molecule has 0 aliphatic carbocycles. The van der Waals surface area contributed by atoms with Crippen LogP contribution in [-0.2, 0) is 0 Å². The van der Waals surface area contributed by atoms with Gasteiger partial charge in [0.1, 0.15) is 0 Å². The number of aromatic nitrogens is 2. The van der Waals surface area contributed by atoms with E-state index in [1.54, 1.807) is 6.92 Å². The summed E-state index contributed by atoms with van der Waals surface area (Å²) in [5.74, 6) is 0. The summed E-state index contributed by atoms with van der Waals surface area (Å²) in [6.45, 7) is 1.57. The van der Waals surface area contributed by atoms with E-state index in [2.05, 4.69) is 4.98 Å². The van der Waals surface area contributed by atoms with E-state index >= 15 is 0 Å². The Balaban J connectivity index is 3.43. The Morgan fingerprint density at radius 3 is 2.83 bits per heavy atom. The van der Waals surface area contributed by atoms with Gasteiger partial charge in [-0.1, -0.05) is 0 Å². The van der Waals surface area contributed by atoms with Crippen LogP contribution in [0.15, 0.2) is 22.0 Å². The summed E-state index contributed by atoms with van der Waals surface area (Å²) >= 11 is 0. The Hall–Kier alpha value is -1.78. The van der Waals surface area contributed by atoms with Gasteiger partial charge in [-0.15, -0.1) is 0 Å². The first-order valence-corrected chi connectivity index (χ1v) is 3.28. The van der Waals surface area contributed by atoms with Crippen molar-refractivity contribution in [2.24, 2.45) is 0 Å². The van der Waals surface area contributed by atoms with Crippen LogP contribution in [0.5, 0.6) is 0 Å². The van der Waals surface area contributed by atoms with Crippen LogP contribution in [-0.4, -0.2) is 14.7 Å². The lowest BCUT2D eigenvalue weighted by Gasteiger charge is -1.96. The minimum Gasteiger partial charge on any atom is -0.514 e. The molecule has 1 rings (SSSR count). The van der Waals surface area contributed by atoms with Gasteiger partial charge in [0.15, 0.2) is 0 Å². The minimum atomic E-state index is -0.573. The Kier molecular flexibility index (Phi) is 2.14. The predicted molar refractivity (Wildman–Crippen MR) is 44.0 cm³/mol. The maximum absolute atomic E-state index is 10.9. The molecule has 0 bridgehead atoms. The maximum atomic E-state index is 10.9. The molecular formula is C7H8N2O3. The number of aromatic amines is 1. The fourth-order valence-corrected chi connectivity index (χ4v) is 0.769. The number of nitrogens with one attached hydrogen (secondary N) is 1. The summed E-state index contributed by atoms with van der Waals surface area (Å²) in [7, 11) is 0. The first-order valence-electron chi connectivity index (χ1n) is 3.28. The normalized spacial score (nSPS) is 10.8. The number of aryl methyl sites for hydroxylation is 1. The molecule has 1 aromatic heterocycles. The van der Waals surface area contributed by atoms with E-state index in [-0.39, 0.29) is 0 Å². The fraction of sp³-hybridized carbons (Fsp3) is 0.143. The van der Waals surface area contributed by atoms with Crippen LogP contribution < -0.4 is 11.2 Å². The zero-order valence-electron chi connectivity index (χ0n) is 6.44. The lowest BCUT2D eigenvalue weighted by molar-refractivity contribution is 0.475. The van der Waals surface area contributed by atoms with Crippen molar-refractivity contribution in [2.45, 2.75) is 6.92 Å². The van der Waals surface area contributed by atoms with E-state index < -0.39 is 11.2 Å². The molecule has 0 spiro atoms. The van der Waals surface area contributed by atoms with Crippen LogP contribution in [0.25, 0.3) is 6.20 Å². The molecule has 64 valence electrons. The quantitative estimate of drug-likeness (QED) is 0.572. The van der Waals surface area contributed by atoms with Crippen molar-refractivity contribution in [3.63, 3.8) is 0 Å². The molecule has 0 radical (unpaired) electrons. The van der Waals surface area contributed by atoms with E-state index in [0.717, 1.165) is 17.0 Å². The van der Waals surface area contributed by atoms with Gasteiger partial charge in [-0.3, -0.25) is 14.3 Å². The second-order valence-electron chi connectivity index (χ2n) is 2.28. The van der Waals surface area contributed by atoms with Crippen molar-refractivity contribution in [3.05, 3.63) is 38.9 Å². The zero-order chi connectivity index (χ0) is 9.14. The predicted octanol–water partition coefficient (Wildman–Crippen LogP) is -0.169. The molecule has 0 aliphatic heterocycles. The number of H-pyrrole nitrogens is 1. The van der Waals surface area contributed by atoms with Crippen molar-refractivity contribution >= 4 is 6.20 Å². The molecule has 5 nitrogen and oxygen atoms in total. The minimum absolute atomic E-state index is 0.410. The summed E-state index contributed by atoms with van der Waals surface area (Å²) in [5, 5.41) is 8.37. The SMILES string of the molecule is Cc1cn(C=CO)c(=O)[nH]c1=O. The molecule has 0 atom stereocenters. The van der Waals surface area contributed by atoms with Crippen LogP contribution in [0, 0.1) is 6.92 Å². The van der Waals surface area contributed by atoms with E-state index in [9.17, 15) is 9.59 Å². The van der Waals surface area contributed by atoms with Crippen molar-refractivity contribution in [1.29, 1.82) is 0 Å². The number of aliphatic hydroxyl groups excluding tert-OH is 1. The lowest BCUT2D eigenvalue weighted by atomic mass is 10.4. The van der Waals surface area contributed by atoms with Crippen LogP contribution >= 0.6 is 0 Å². The molecule has 1 aromatic rings. The van der Waals surface area contributed by atoms with Crippen LogP contribution in [0.3, 0.4) is 0 Å². The van der Waals surface area contributed by atoms with E-state index in [1.807, 2.05) is 0 Å². The van der Waals surface area contributed by atoms with E-state index in [4.69, 9.17) is 5.11 Å². The molecule has 2 N–H and O–H groups in total. The standard InChI is InChI=1S/C7H8N2O3/c1-5-4-9(2-3-10)7(12)8-6(5)11/h2-4,10H,1H3,(H,8,11,12). The second-order valence-corrected chi connectivity index (χ2v) is 2.28. The molecule has 0 aliphatic rings. The topological polar surface area (TPSA) is 75.1 Å². The monoisotopic (exact) mass is 168 g/mol. The number of hydrogen-bond acceptors (Lipinski definition) is 3. The van der Waals surface area contributed by atoms with Crippen LogP contribution in [0.4, 0.5) is 0 Å². The van der Waals surface area contributed by atoms with E-state index in [0.29, 0.717) is 5.56 Å². The van der Waals surface area contributed by atoms with Crippen molar-refractivity contribution in [2.75, 3.05) is 0 Å². The first kappa shape index (κ1) is 8.32. The molecule has 5 heteroatoms. The Morgan fingerprint density at radius 1 is 1.58 bits per heavy atom. The highest BCUT2D eigenvalue weighted by Gasteiger charge is 1.96. The molecule has 0 amide bonds. The number of hydrogen-bond donors (Lipinski definition) is 2. The molecule has 0 unspecified atom stereocenters. The van der Waals surface area contributed by atoms with E-state index in [1.165, 1.54) is 6.20 Å². The smallest absolute Gasteiger partial charge is 0.332 e. The van der Waals surface area contributed by atoms with Crippen molar-refractivity contribution in [3.8, 4) is 0 Å². The first-order chi connectivity index (χ1) is 5.65. The van der Waals surface area contributed by atoms with Gasteiger partial charge in [-0.25, -0.2) is 4.79 Å². The van der Waals surface area contributed by atoms with Gasteiger partial charge in [0.05, 0.1) is 6.26 Å². The summed E-state index contributed by atoms with van der Waals surface area (Å²) < 4.78 is 1.08. The molecule has 0 aromatic carbocycles. The van der Waals surface area contributed by atoms with Crippen molar-refractivity contribution < 1.29 is 5.11 Å². The molecule has 0 saturated heterocycles. The highest BCUT2D eigenvalue weighted by molar-refractivity contribution is 5.19. The summed E-state index contributed by atoms with van der Waals surface area (Å²) in [4.78, 5) is 23.8. The highest BCUT2D eigenvalue weighted by atomic mass is 16.2. The average Bonchev–Trinajstić information content (AvgIpc) is 2.01. The van der Waals surface area contributed by atoms with Crippen LogP contribution in [0.2, 0.25) is 0 Å².